The molecule has 19 unspecified atom stereocenters. The van der Waals surface area contributed by atoms with E-state index in [0.29, 0.717) is 12.8 Å². The van der Waals surface area contributed by atoms with Crippen LogP contribution in [0.2, 0.25) is 0 Å². The maximum absolute atomic E-state index is 13.9. The lowest BCUT2D eigenvalue weighted by Gasteiger charge is -2.43. The van der Waals surface area contributed by atoms with Gasteiger partial charge in [0.05, 0.1) is 44.0 Å². The number of esters is 2. The van der Waals surface area contributed by atoms with E-state index in [-0.39, 0.29) is 35.3 Å². The minimum Gasteiger partial charge on any atom is -0.472 e. The van der Waals surface area contributed by atoms with Gasteiger partial charge in [0.15, 0.2) is 12.6 Å². The van der Waals surface area contributed by atoms with Gasteiger partial charge in [0.2, 0.25) is 12.6 Å². The van der Waals surface area contributed by atoms with E-state index < -0.39 is 123 Å². The largest absolute Gasteiger partial charge is 0.472 e. The summed E-state index contributed by atoms with van der Waals surface area (Å²) in [5.41, 5.74) is 0.439. The summed E-state index contributed by atoms with van der Waals surface area (Å²) >= 11 is 0. The zero-order valence-electron chi connectivity index (χ0n) is 28.3. The number of aliphatic hydroxyl groups excluding tert-OH is 8. The first-order chi connectivity index (χ1) is 24.3. The van der Waals surface area contributed by atoms with Crippen molar-refractivity contribution in [2.24, 2.45) is 35.5 Å². The number of hydrogen-bond acceptors (Lipinski definition) is 18. The Morgan fingerprint density at radius 2 is 1.20 bits per heavy atom. The molecular weight excluding hydrogens is 684 g/mol. The van der Waals surface area contributed by atoms with E-state index in [2.05, 4.69) is 0 Å². The molecule has 0 radical (unpaired) electrons. The van der Waals surface area contributed by atoms with Gasteiger partial charge in [-0.2, -0.15) is 0 Å². The first kappa shape index (κ1) is 38.3. The van der Waals surface area contributed by atoms with Crippen LogP contribution in [0.5, 0.6) is 0 Å². The van der Waals surface area contributed by atoms with Gasteiger partial charge in [0.25, 0.3) is 0 Å². The summed E-state index contributed by atoms with van der Waals surface area (Å²) in [6.45, 7) is 2.46. The second-order valence-corrected chi connectivity index (χ2v) is 14.3. The molecule has 6 aliphatic rings. The number of ether oxygens (including phenoxy) is 8. The number of aliphatic hydroxyl groups is 8. The van der Waals surface area contributed by atoms with Crippen molar-refractivity contribution < 1.29 is 88.3 Å². The Bertz CT molecular complexity index is 1320. The fourth-order valence-electron chi connectivity index (χ4n) is 8.44. The fourth-order valence-corrected chi connectivity index (χ4v) is 8.44. The first-order valence-electron chi connectivity index (χ1n) is 17.2. The molecular formula is C33H48O18. The number of rotatable bonds is 9. The zero-order chi connectivity index (χ0) is 36.9. The molecule has 0 amide bonds. The third-order valence-corrected chi connectivity index (χ3v) is 11.4. The molecule has 2 aliphatic carbocycles. The predicted octanol–water partition coefficient (Wildman–Crippen LogP) is -2.88. The quantitative estimate of drug-likeness (QED) is 0.111. The molecule has 0 spiro atoms. The molecule has 288 valence electrons. The smallest absolute Gasteiger partial charge is 0.337 e. The van der Waals surface area contributed by atoms with Crippen LogP contribution in [0, 0.1) is 35.5 Å². The van der Waals surface area contributed by atoms with Crippen LogP contribution < -0.4 is 0 Å². The summed E-state index contributed by atoms with van der Waals surface area (Å²) in [5.74, 6) is -3.78. The molecule has 18 heteroatoms. The van der Waals surface area contributed by atoms with Crippen LogP contribution in [-0.2, 0) is 47.5 Å². The average molecular weight is 733 g/mol. The Balaban J connectivity index is 1.17. The highest BCUT2D eigenvalue weighted by molar-refractivity contribution is 5.90. The second-order valence-electron chi connectivity index (χ2n) is 14.3. The summed E-state index contributed by atoms with van der Waals surface area (Å²) in [6, 6.07) is 0. The minimum absolute atomic E-state index is 0.000106. The Kier molecular flexibility index (Phi) is 11.6. The summed E-state index contributed by atoms with van der Waals surface area (Å²) in [7, 11) is 1.22. The lowest BCUT2D eigenvalue weighted by molar-refractivity contribution is -0.342. The third kappa shape index (κ3) is 7.02. The van der Waals surface area contributed by atoms with E-state index in [1.165, 1.54) is 19.6 Å². The Hall–Kier alpha value is -2.46. The molecule has 4 fully saturated rings. The maximum Gasteiger partial charge on any atom is 0.337 e. The first-order valence-corrected chi connectivity index (χ1v) is 17.2. The fraction of sp³-hybridized carbons (Fsp3) is 0.818. The Labute approximate surface area is 293 Å². The Morgan fingerprint density at radius 3 is 1.71 bits per heavy atom. The number of carbonyl (C=O) groups excluding carboxylic acids is 2. The lowest BCUT2D eigenvalue weighted by atomic mass is 9.83. The van der Waals surface area contributed by atoms with Crippen LogP contribution in [0.15, 0.2) is 23.7 Å². The molecule has 0 aromatic carbocycles. The van der Waals surface area contributed by atoms with Crippen molar-refractivity contribution in [3.63, 3.8) is 0 Å². The van der Waals surface area contributed by atoms with E-state index in [1.54, 1.807) is 6.92 Å². The molecule has 0 aromatic rings. The monoisotopic (exact) mass is 732 g/mol. The summed E-state index contributed by atoms with van der Waals surface area (Å²) in [5, 5.41) is 81.1. The lowest BCUT2D eigenvalue weighted by Crippen LogP contribution is -2.60. The van der Waals surface area contributed by atoms with Gasteiger partial charge in [-0.05, 0) is 25.2 Å². The molecule has 4 heterocycles. The van der Waals surface area contributed by atoms with Crippen molar-refractivity contribution in [2.75, 3.05) is 20.3 Å². The van der Waals surface area contributed by atoms with Gasteiger partial charge < -0.3 is 78.7 Å². The molecule has 8 N–H and O–H groups in total. The zero-order valence-corrected chi connectivity index (χ0v) is 28.3. The second kappa shape index (κ2) is 15.5. The number of fused-ring (bicyclic) bond motifs is 2. The minimum atomic E-state index is -1.70. The van der Waals surface area contributed by atoms with E-state index >= 15 is 0 Å². The highest BCUT2D eigenvalue weighted by Gasteiger charge is 2.56. The Morgan fingerprint density at radius 1 is 0.686 bits per heavy atom. The summed E-state index contributed by atoms with van der Waals surface area (Å²) in [4.78, 5) is 26.6. The molecule has 51 heavy (non-hydrogen) atoms. The standard InChI is InChI=1S/C33H48O18/c1-11-4-5-13-15(9-45-30(20(11)13)50-32-26(40)24(38)22(36)18(7-34)48-32)29(43)47-17-6-14-16(28(42)44-3)10-46-31(21(14)12(17)2)51-33-27(41)25(39)23(37)19(8-35)49-33/h9-14,17-27,30-41H,4-8H2,1-3H3. The maximum atomic E-state index is 13.9. The van der Waals surface area contributed by atoms with Gasteiger partial charge in [0, 0.05) is 29.6 Å². The van der Waals surface area contributed by atoms with E-state index in [9.17, 15) is 50.4 Å². The normalized spacial score (nSPS) is 47.9. The molecule has 2 saturated heterocycles. The van der Waals surface area contributed by atoms with Gasteiger partial charge in [-0.25, -0.2) is 9.59 Å². The molecule has 6 rings (SSSR count). The van der Waals surface area contributed by atoms with Crippen molar-refractivity contribution in [3.8, 4) is 0 Å². The topological polar surface area (TPSA) is 270 Å². The van der Waals surface area contributed by atoms with Crippen molar-refractivity contribution in [1.82, 2.24) is 0 Å². The summed E-state index contributed by atoms with van der Waals surface area (Å²) in [6.07, 6.45) is -14.2. The summed E-state index contributed by atoms with van der Waals surface area (Å²) < 4.78 is 45.7. The van der Waals surface area contributed by atoms with Gasteiger partial charge in [-0.15, -0.1) is 0 Å². The van der Waals surface area contributed by atoms with Crippen molar-refractivity contribution in [1.29, 1.82) is 0 Å². The molecule has 18 nitrogen and oxygen atoms in total. The average Bonchev–Trinajstić information content (AvgIpc) is 3.67. The SMILES string of the molecule is COC(=O)C1=COC(OC2OC(CO)C(O)C(O)C2O)C2C1CC(OC(=O)C1=COC(OC3OC(CO)C(O)C(O)C3O)C3C(C)CCC13)C2C. The number of carbonyl (C=O) groups is 2. The van der Waals surface area contributed by atoms with Crippen molar-refractivity contribution >= 4 is 11.9 Å². The van der Waals surface area contributed by atoms with Crippen LogP contribution >= 0.6 is 0 Å². The van der Waals surface area contributed by atoms with Gasteiger partial charge in [0.1, 0.15) is 54.9 Å². The van der Waals surface area contributed by atoms with E-state index in [0.717, 1.165) is 0 Å². The number of methoxy groups -OCH3 is 1. The molecule has 4 aliphatic heterocycles. The van der Waals surface area contributed by atoms with Gasteiger partial charge in [-0.1, -0.05) is 13.8 Å². The molecule has 0 aromatic heterocycles. The van der Waals surface area contributed by atoms with E-state index in [4.69, 9.17) is 37.9 Å². The molecule has 2 saturated carbocycles. The van der Waals surface area contributed by atoms with Crippen LogP contribution in [-0.4, -0.2) is 153 Å². The van der Waals surface area contributed by atoms with Crippen LogP contribution in [0.1, 0.15) is 33.1 Å². The highest BCUT2D eigenvalue weighted by Crippen LogP contribution is 2.51. The molecule has 0 bridgehead atoms. The number of hydrogen-bond donors (Lipinski definition) is 8. The third-order valence-electron chi connectivity index (χ3n) is 11.4. The van der Waals surface area contributed by atoms with Crippen LogP contribution in [0.3, 0.4) is 0 Å². The van der Waals surface area contributed by atoms with Crippen molar-refractivity contribution in [2.45, 2.75) is 113 Å². The van der Waals surface area contributed by atoms with Gasteiger partial charge in [-0.3, -0.25) is 0 Å². The van der Waals surface area contributed by atoms with Crippen LogP contribution in [0.4, 0.5) is 0 Å². The molecule has 19 atom stereocenters. The van der Waals surface area contributed by atoms with Crippen LogP contribution in [0.25, 0.3) is 0 Å². The predicted molar refractivity (Wildman–Crippen MR) is 164 cm³/mol. The highest BCUT2D eigenvalue weighted by atomic mass is 16.8. The van der Waals surface area contributed by atoms with Gasteiger partial charge >= 0.3 is 11.9 Å². The van der Waals surface area contributed by atoms with E-state index in [1.807, 2.05) is 6.92 Å². The van der Waals surface area contributed by atoms with Crippen molar-refractivity contribution in [3.05, 3.63) is 23.7 Å².